The van der Waals surface area contributed by atoms with Crippen molar-refractivity contribution in [3.8, 4) is 0 Å². The van der Waals surface area contributed by atoms with E-state index < -0.39 is 0 Å². The SMILES string of the molecule is CCN(C)c1nc(N)c(C(=O)N2CCC(CO)C2)s1. The fourth-order valence-electron chi connectivity index (χ4n) is 2.08. The van der Waals surface area contributed by atoms with Gasteiger partial charge in [-0.25, -0.2) is 4.98 Å². The van der Waals surface area contributed by atoms with Gasteiger partial charge >= 0.3 is 0 Å². The number of nitrogen functional groups attached to an aromatic ring is 1. The summed E-state index contributed by atoms with van der Waals surface area (Å²) in [5.74, 6) is 0.426. The van der Waals surface area contributed by atoms with Gasteiger partial charge in [-0.3, -0.25) is 4.79 Å². The van der Waals surface area contributed by atoms with E-state index in [0.717, 1.165) is 18.1 Å². The summed E-state index contributed by atoms with van der Waals surface area (Å²) in [4.78, 5) is 20.8. The molecule has 1 amide bonds. The van der Waals surface area contributed by atoms with Gasteiger partial charge in [-0.15, -0.1) is 0 Å². The van der Waals surface area contributed by atoms with E-state index in [-0.39, 0.29) is 18.4 Å². The fourth-order valence-corrected chi connectivity index (χ4v) is 3.06. The number of nitrogens with two attached hydrogens (primary N) is 1. The first-order chi connectivity index (χ1) is 9.06. The number of aliphatic hydroxyl groups excluding tert-OH is 1. The Morgan fingerprint density at radius 1 is 1.68 bits per heavy atom. The maximum absolute atomic E-state index is 12.4. The Balaban J connectivity index is 2.13. The molecule has 0 radical (unpaired) electrons. The molecule has 106 valence electrons. The predicted molar refractivity (Wildman–Crippen MR) is 76.6 cm³/mol. The van der Waals surface area contributed by atoms with Crippen LogP contribution in [0.4, 0.5) is 10.9 Å². The second kappa shape index (κ2) is 5.75. The van der Waals surface area contributed by atoms with Crippen LogP contribution in [0.5, 0.6) is 0 Å². The molecule has 1 atom stereocenters. The van der Waals surface area contributed by atoms with E-state index in [0.29, 0.717) is 23.8 Å². The molecule has 1 fully saturated rings. The summed E-state index contributed by atoms with van der Waals surface area (Å²) >= 11 is 1.33. The molecule has 0 aliphatic carbocycles. The zero-order valence-corrected chi connectivity index (χ0v) is 12.1. The van der Waals surface area contributed by atoms with Crippen molar-refractivity contribution in [2.45, 2.75) is 13.3 Å². The monoisotopic (exact) mass is 284 g/mol. The maximum atomic E-state index is 12.4. The smallest absolute Gasteiger partial charge is 0.267 e. The van der Waals surface area contributed by atoms with Crippen LogP contribution in [-0.2, 0) is 0 Å². The van der Waals surface area contributed by atoms with Gasteiger partial charge in [0.05, 0.1) is 0 Å². The number of anilines is 2. The molecular formula is C12H20N4O2S. The Bertz CT molecular complexity index is 463. The number of aromatic nitrogens is 1. The van der Waals surface area contributed by atoms with Crippen LogP contribution in [-0.4, -0.2) is 54.2 Å². The van der Waals surface area contributed by atoms with Crippen molar-refractivity contribution in [3.05, 3.63) is 4.88 Å². The van der Waals surface area contributed by atoms with E-state index in [1.54, 1.807) is 4.90 Å². The molecule has 2 rings (SSSR count). The Kier molecular flexibility index (Phi) is 4.26. The van der Waals surface area contributed by atoms with Gasteiger partial charge in [0.2, 0.25) is 0 Å². The number of nitrogens with zero attached hydrogens (tertiary/aromatic N) is 3. The first-order valence-electron chi connectivity index (χ1n) is 6.44. The zero-order valence-electron chi connectivity index (χ0n) is 11.3. The van der Waals surface area contributed by atoms with Gasteiger partial charge in [0.1, 0.15) is 10.7 Å². The lowest BCUT2D eigenvalue weighted by Gasteiger charge is -2.15. The van der Waals surface area contributed by atoms with Gasteiger partial charge in [-0.05, 0) is 13.3 Å². The van der Waals surface area contributed by atoms with Crippen LogP contribution < -0.4 is 10.6 Å². The Morgan fingerprint density at radius 2 is 2.42 bits per heavy atom. The van der Waals surface area contributed by atoms with E-state index in [4.69, 9.17) is 10.8 Å². The first-order valence-corrected chi connectivity index (χ1v) is 7.26. The highest BCUT2D eigenvalue weighted by molar-refractivity contribution is 7.18. The van der Waals surface area contributed by atoms with Crippen molar-refractivity contribution in [1.29, 1.82) is 0 Å². The molecule has 7 heteroatoms. The van der Waals surface area contributed by atoms with Crippen LogP contribution in [0.2, 0.25) is 0 Å². The molecule has 1 aromatic heterocycles. The molecule has 1 aliphatic rings. The molecule has 6 nitrogen and oxygen atoms in total. The van der Waals surface area contributed by atoms with E-state index >= 15 is 0 Å². The van der Waals surface area contributed by atoms with Crippen molar-refractivity contribution in [2.24, 2.45) is 5.92 Å². The molecule has 0 spiro atoms. The highest BCUT2D eigenvalue weighted by Crippen LogP contribution is 2.30. The number of hydrogen-bond acceptors (Lipinski definition) is 6. The third-order valence-corrected chi connectivity index (χ3v) is 4.64. The Hall–Kier alpha value is -1.34. The summed E-state index contributed by atoms with van der Waals surface area (Å²) in [5, 5.41) is 9.89. The van der Waals surface area contributed by atoms with Crippen LogP contribution in [0.15, 0.2) is 0 Å². The topological polar surface area (TPSA) is 82.7 Å². The maximum Gasteiger partial charge on any atom is 0.267 e. The normalized spacial score (nSPS) is 18.9. The standard InChI is InChI=1S/C12H20N4O2S/c1-3-15(2)12-14-10(13)9(19-12)11(18)16-5-4-8(6-16)7-17/h8,17H,3-7,13H2,1-2H3. The average Bonchev–Trinajstić information content (AvgIpc) is 3.03. The van der Waals surface area contributed by atoms with Gasteiger partial charge in [0.15, 0.2) is 5.13 Å². The second-order valence-corrected chi connectivity index (χ2v) is 5.79. The van der Waals surface area contributed by atoms with Gasteiger partial charge in [0.25, 0.3) is 5.91 Å². The fraction of sp³-hybridized carbons (Fsp3) is 0.667. The molecule has 3 N–H and O–H groups in total. The number of thiazole rings is 1. The van der Waals surface area contributed by atoms with Gasteiger partial charge < -0.3 is 20.6 Å². The summed E-state index contributed by atoms with van der Waals surface area (Å²) in [7, 11) is 1.92. The lowest BCUT2D eigenvalue weighted by molar-refractivity contribution is 0.0787. The van der Waals surface area contributed by atoms with Crippen LogP contribution in [0, 0.1) is 5.92 Å². The Morgan fingerprint density at radius 3 is 3.00 bits per heavy atom. The highest BCUT2D eigenvalue weighted by Gasteiger charge is 2.29. The summed E-state index contributed by atoms with van der Waals surface area (Å²) < 4.78 is 0. The molecule has 1 aromatic rings. The molecule has 1 aliphatic heterocycles. The third-order valence-electron chi connectivity index (χ3n) is 3.47. The number of carbonyl (C=O) groups excluding carboxylic acids is 1. The number of carbonyl (C=O) groups is 1. The van der Waals surface area contributed by atoms with Crippen molar-refractivity contribution in [2.75, 3.05) is 43.9 Å². The average molecular weight is 284 g/mol. The third kappa shape index (κ3) is 2.82. The number of aliphatic hydroxyl groups is 1. The van der Waals surface area contributed by atoms with E-state index in [1.165, 1.54) is 11.3 Å². The van der Waals surface area contributed by atoms with Crippen LogP contribution >= 0.6 is 11.3 Å². The molecule has 1 unspecified atom stereocenters. The zero-order chi connectivity index (χ0) is 14.0. The summed E-state index contributed by atoms with van der Waals surface area (Å²) in [6, 6.07) is 0. The second-order valence-electron chi connectivity index (χ2n) is 4.81. The van der Waals surface area contributed by atoms with Gasteiger partial charge in [-0.2, -0.15) is 0 Å². The van der Waals surface area contributed by atoms with E-state index in [1.807, 2.05) is 18.9 Å². The van der Waals surface area contributed by atoms with Crippen molar-refractivity contribution in [3.63, 3.8) is 0 Å². The van der Waals surface area contributed by atoms with Crippen molar-refractivity contribution >= 4 is 28.2 Å². The molecule has 2 heterocycles. The summed E-state index contributed by atoms with van der Waals surface area (Å²) in [5.41, 5.74) is 5.85. The number of hydrogen-bond donors (Lipinski definition) is 2. The summed E-state index contributed by atoms with van der Waals surface area (Å²) in [6.07, 6.45) is 0.850. The molecule has 1 saturated heterocycles. The molecule has 19 heavy (non-hydrogen) atoms. The lowest BCUT2D eigenvalue weighted by atomic mass is 10.1. The van der Waals surface area contributed by atoms with E-state index in [2.05, 4.69) is 4.98 Å². The molecule has 0 bridgehead atoms. The molecule has 0 saturated carbocycles. The van der Waals surface area contributed by atoms with Crippen molar-refractivity contribution < 1.29 is 9.90 Å². The lowest BCUT2D eigenvalue weighted by Crippen LogP contribution is -2.29. The largest absolute Gasteiger partial charge is 0.396 e. The number of amides is 1. The molecule has 0 aromatic carbocycles. The number of rotatable bonds is 4. The minimum atomic E-state index is -0.0679. The summed E-state index contributed by atoms with van der Waals surface area (Å²) in [6.45, 7) is 4.25. The quantitative estimate of drug-likeness (QED) is 0.847. The molecular weight excluding hydrogens is 264 g/mol. The van der Waals surface area contributed by atoms with Crippen LogP contribution in [0.1, 0.15) is 23.0 Å². The van der Waals surface area contributed by atoms with Crippen LogP contribution in [0.3, 0.4) is 0 Å². The van der Waals surface area contributed by atoms with E-state index in [9.17, 15) is 4.79 Å². The van der Waals surface area contributed by atoms with Crippen molar-refractivity contribution in [1.82, 2.24) is 9.88 Å². The predicted octanol–water partition coefficient (Wildman–Crippen LogP) is 0.636. The number of likely N-dealkylation sites (tertiary alicyclic amines) is 1. The van der Waals surface area contributed by atoms with Crippen LogP contribution in [0.25, 0.3) is 0 Å². The van der Waals surface area contributed by atoms with Gasteiger partial charge in [0, 0.05) is 39.2 Å². The Labute approximate surface area is 116 Å². The minimum absolute atomic E-state index is 0.0679. The minimum Gasteiger partial charge on any atom is -0.396 e. The highest BCUT2D eigenvalue weighted by atomic mass is 32.1. The first kappa shape index (κ1) is 14.1. The van der Waals surface area contributed by atoms with Gasteiger partial charge in [-0.1, -0.05) is 11.3 Å².